The minimum Gasteiger partial charge on any atom is -0.322 e. The SMILES string of the molecule is ClCc1nc2ccc(Cl)cc2n1Cc1ccncc1. The standard InChI is InChI=1S/C14H11Cl2N3/c15-8-14-18-12-2-1-11(16)7-13(12)19(14)9-10-3-5-17-6-4-10/h1-7H,8-9H2. The fourth-order valence-corrected chi connectivity index (χ4v) is 2.47. The third-order valence-corrected chi connectivity index (χ3v) is 3.47. The molecule has 0 atom stereocenters. The second kappa shape index (κ2) is 5.19. The maximum atomic E-state index is 6.06. The molecule has 0 radical (unpaired) electrons. The Hall–Kier alpha value is -1.58. The first-order valence-electron chi connectivity index (χ1n) is 5.87. The Labute approximate surface area is 120 Å². The summed E-state index contributed by atoms with van der Waals surface area (Å²) in [5.41, 5.74) is 3.06. The maximum Gasteiger partial charge on any atom is 0.125 e. The monoisotopic (exact) mass is 291 g/mol. The summed E-state index contributed by atoms with van der Waals surface area (Å²) < 4.78 is 2.09. The molecule has 0 aliphatic rings. The van der Waals surface area contributed by atoms with Crippen molar-refractivity contribution in [3.63, 3.8) is 0 Å². The van der Waals surface area contributed by atoms with Crippen molar-refractivity contribution in [3.8, 4) is 0 Å². The zero-order valence-corrected chi connectivity index (χ0v) is 11.6. The van der Waals surface area contributed by atoms with E-state index in [1.807, 2.05) is 30.3 Å². The van der Waals surface area contributed by atoms with Crippen LogP contribution < -0.4 is 0 Å². The van der Waals surface area contributed by atoms with Crippen LogP contribution in [0.5, 0.6) is 0 Å². The minimum atomic E-state index is 0.372. The molecule has 0 saturated heterocycles. The van der Waals surface area contributed by atoms with Crippen molar-refractivity contribution in [1.29, 1.82) is 0 Å². The fourth-order valence-electron chi connectivity index (χ4n) is 2.09. The number of aromatic nitrogens is 3. The van der Waals surface area contributed by atoms with Crippen molar-refractivity contribution in [1.82, 2.24) is 14.5 Å². The molecule has 3 nitrogen and oxygen atoms in total. The predicted octanol–water partition coefficient (Wildman–Crippen LogP) is 3.87. The molecule has 5 heteroatoms. The number of rotatable bonds is 3. The number of halogens is 2. The molecule has 96 valence electrons. The highest BCUT2D eigenvalue weighted by Crippen LogP contribution is 2.22. The Morgan fingerprint density at radius 3 is 2.63 bits per heavy atom. The van der Waals surface area contributed by atoms with Crippen LogP contribution in [0.25, 0.3) is 11.0 Å². The molecule has 1 aromatic carbocycles. The molecule has 0 N–H and O–H groups in total. The number of hydrogen-bond acceptors (Lipinski definition) is 2. The number of nitrogens with zero attached hydrogens (tertiary/aromatic N) is 3. The van der Waals surface area contributed by atoms with Gasteiger partial charge in [-0.15, -0.1) is 11.6 Å². The lowest BCUT2D eigenvalue weighted by molar-refractivity contribution is 0.777. The van der Waals surface area contributed by atoms with Crippen LogP contribution in [0.15, 0.2) is 42.7 Å². The van der Waals surface area contributed by atoms with Gasteiger partial charge in [-0.1, -0.05) is 11.6 Å². The number of alkyl halides is 1. The zero-order valence-electron chi connectivity index (χ0n) is 10.1. The van der Waals surface area contributed by atoms with E-state index in [-0.39, 0.29) is 0 Å². The molecule has 0 saturated carbocycles. The van der Waals surface area contributed by atoms with E-state index in [0.717, 1.165) is 22.4 Å². The van der Waals surface area contributed by atoms with Crippen molar-refractivity contribution in [2.75, 3.05) is 0 Å². The van der Waals surface area contributed by atoms with Gasteiger partial charge in [-0.25, -0.2) is 4.98 Å². The Morgan fingerprint density at radius 1 is 1.11 bits per heavy atom. The van der Waals surface area contributed by atoms with E-state index >= 15 is 0 Å². The van der Waals surface area contributed by atoms with Crippen LogP contribution >= 0.6 is 23.2 Å². The number of fused-ring (bicyclic) bond motifs is 1. The third kappa shape index (κ3) is 2.44. The van der Waals surface area contributed by atoms with E-state index in [2.05, 4.69) is 14.5 Å². The molecule has 2 heterocycles. The molecule has 0 fully saturated rings. The molecule has 0 amide bonds. The first kappa shape index (κ1) is 12.5. The van der Waals surface area contributed by atoms with Gasteiger partial charge in [0.05, 0.1) is 16.9 Å². The Bertz CT molecular complexity index is 707. The van der Waals surface area contributed by atoms with Gasteiger partial charge in [0.15, 0.2) is 0 Å². The van der Waals surface area contributed by atoms with Gasteiger partial charge in [-0.05, 0) is 35.9 Å². The quantitative estimate of drug-likeness (QED) is 0.686. The fraction of sp³-hybridized carbons (Fsp3) is 0.143. The molecule has 0 aliphatic heterocycles. The molecule has 2 aromatic heterocycles. The minimum absolute atomic E-state index is 0.372. The zero-order chi connectivity index (χ0) is 13.2. The van der Waals surface area contributed by atoms with E-state index in [1.165, 1.54) is 0 Å². The molecule has 0 bridgehead atoms. The summed E-state index contributed by atoms with van der Waals surface area (Å²) in [6.45, 7) is 0.710. The van der Waals surface area contributed by atoms with Gasteiger partial charge in [-0.2, -0.15) is 0 Å². The summed E-state index contributed by atoms with van der Waals surface area (Å²) in [7, 11) is 0. The van der Waals surface area contributed by atoms with Gasteiger partial charge in [-0.3, -0.25) is 4.98 Å². The van der Waals surface area contributed by atoms with E-state index < -0.39 is 0 Å². The molecule has 3 rings (SSSR count). The van der Waals surface area contributed by atoms with Crippen LogP contribution in [0.4, 0.5) is 0 Å². The van der Waals surface area contributed by atoms with Crippen LogP contribution in [0.3, 0.4) is 0 Å². The van der Waals surface area contributed by atoms with Crippen LogP contribution in [-0.4, -0.2) is 14.5 Å². The lowest BCUT2D eigenvalue weighted by Gasteiger charge is -2.07. The molecule has 3 aromatic rings. The van der Waals surface area contributed by atoms with E-state index in [4.69, 9.17) is 23.2 Å². The van der Waals surface area contributed by atoms with Crippen LogP contribution in [-0.2, 0) is 12.4 Å². The van der Waals surface area contributed by atoms with Crippen LogP contribution in [0, 0.1) is 0 Å². The number of hydrogen-bond donors (Lipinski definition) is 0. The van der Waals surface area contributed by atoms with Gasteiger partial charge in [0.25, 0.3) is 0 Å². The van der Waals surface area contributed by atoms with Gasteiger partial charge < -0.3 is 4.57 Å². The van der Waals surface area contributed by atoms with Crippen molar-refractivity contribution in [2.24, 2.45) is 0 Å². The van der Waals surface area contributed by atoms with Crippen LogP contribution in [0.1, 0.15) is 11.4 Å². The van der Waals surface area contributed by atoms with Crippen LogP contribution in [0.2, 0.25) is 5.02 Å². The van der Waals surface area contributed by atoms with Crippen molar-refractivity contribution in [3.05, 3.63) is 59.1 Å². The van der Waals surface area contributed by atoms with Gasteiger partial charge in [0.2, 0.25) is 0 Å². The Balaban J connectivity index is 2.12. The molecular formula is C14H11Cl2N3. The molecule has 0 aliphatic carbocycles. The van der Waals surface area contributed by atoms with Crippen molar-refractivity contribution >= 4 is 34.2 Å². The first-order chi connectivity index (χ1) is 9.28. The number of imidazole rings is 1. The molecule has 0 spiro atoms. The first-order valence-corrected chi connectivity index (χ1v) is 6.78. The predicted molar refractivity (Wildman–Crippen MR) is 77.6 cm³/mol. The number of pyridine rings is 1. The smallest absolute Gasteiger partial charge is 0.125 e. The third-order valence-electron chi connectivity index (χ3n) is 3.00. The van der Waals surface area contributed by atoms with Crippen molar-refractivity contribution < 1.29 is 0 Å². The summed E-state index contributed by atoms with van der Waals surface area (Å²) in [6.07, 6.45) is 3.56. The second-order valence-electron chi connectivity index (χ2n) is 4.24. The highest BCUT2D eigenvalue weighted by atomic mass is 35.5. The van der Waals surface area contributed by atoms with E-state index in [0.29, 0.717) is 17.4 Å². The van der Waals surface area contributed by atoms with Crippen molar-refractivity contribution in [2.45, 2.75) is 12.4 Å². The summed E-state index contributed by atoms with van der Waals surface area (Å²) in [5, 5.41) is 0.699. The van der Waals surface area contributed by atoms with E-state index in [9.17, 15) is 0 Å². The summed E-state index contributed by atoms with van der Waals surface area (Å²) in [6, 6.07) is 9.63. The Kier molecular flexibility index (Phi) is 3.40. The van der Waals surface area contributed by atoms with Gasteiger partial charge in [0, 0.05) is 24.0 Å². The average molecular weight is 292 g/mol. The second-order valence-corrected chi connectivity index (χ2v) is 4.94. The molecule has 19 heavy (non-hydrogen) atoms. The normalized spacial score (nSPS) is 11.1. The van der Waals surface area contributed by atoms with Gasteiger partial charge >= 0.3 is 0 Å². The summed E-state index contributed by atoms with van der Waals surface area (Å²) in [5.74, 6) is 1.22. The molecular weight excluding hydrogens is 281 g/mol. The maximum absolute atomic E-state index is 6.06. The topological polar surface area (TPSA) is 30.7 Å². The lowest BCUT2D eigenvalue weighted by Crippen LogP contribution is -2.03. The summed E-state index contributed by atoms with van der Waals surface area (Å²) in [4.78, 5) is 8.55. The highest BCUT2D eigenvalue weighted by molar-refractivity contribution is 6.31. The largest absolute Gasteiger partial charge is 0.322 e. The van der Waals surface area contributed by atoms with E-state index in [1.54, 1.807) is 12.4 Å². The Morgan fingerprint density at radius 2 is 1.89 bits per heavy atom. The average Bonchev–Trinajstić information content (AvgIpc) is 2.78. The highest BCUT2D eigenvalue weighted by Gasteiger charge is 2.10. The molecule has 0 unspecified atom stereocenters. The lowest BCUT2D eigenvalue weighted by atomic mass is 10.2. The van der Waals surface area contributed by atoms with Gasteiger partial charge in [0.1, 0.15) is 5.82 Å². The summed E-state index contributed by atoms with van der Waals surface area (Å²) >= 11 is 12.0. The number of benzene rings is 1.